The average molecular weight is 301 g/mol. The van der Waals surface area contributed by atoms with Crippen molar-refractivity contribution in [1.82, 2.24) is 9.78 Å². The minimum absolute atomic E-state index is 0.188. The number of rotatable bonds is 3. The van der Waals surface area contributed by atoms with E-state index in [4.69, 9.17) is 15.7 Å². The number of carbonyl (C=O) groups is 1. The van der Waals surface area contributed by atoms with Crippen molar-refractivity contribution in [1.29, 1.82) is 5.26 Å². The van der Waals surface area contributed by atoms with Gasteiger partial charge in [0.25, 0.3) is 0 Å². The van der Waals surface area contributed by atoms with Gasteiger partial charge < -0.3 is 10.5 Å². The van der Waals surface area contributed by atoms with E-state index in [0.717, 1.165) is 0 Å². The number of carbonyl (C=O) groups excluding carboxylic acids is 1. The Morgan fingerprint density at radius 3 is 2.95 bits per heavy atom. The fourth-order valence-corrected chi connectivity index (χ4v) is 2.22. The monoisotopic (exact) mass is 301 g/mol. The molecule has 112 valence electrons. The first-order valence-corrected chi connectivity index (χ1v) is 6.55. The Bertz CT molecular complexity index is 767. The van der Waals surface area contributed by atoms with Gasteiger partial charge in [0, 0.05) is 12.7 Å². The number of nitriles is 1. The summed E-state index contributed by atoms with van der Waals surface area (Å²) in [6.07, 6.45) is 1.83. The van der Waals surface area contributed by atoms with Crippen LogP contribution in [0.15, 0.2) is 30.6 Å². The van der Waals surface area contributed by atoms with E-state index >= 15 is 0 Å². The zero-order valence-corrected chi connectivity index (χ0v) is 11.4. The molecule has 22 heavy (non-hydrogen) atoms. The Morgan fingerprint density at radius 1 is 1.55 bits per heavy atom. The third-order valence-electron chi connectivity index (χ3n) is 3.34. The highest BCUT2D eigenvalue weighted by Gasteiger charge is 2.31. The van der Waals surface area contributed by atoms with Crippen LogP contribution in [-0.4, -0.2) is 35.1 Å². The van der Waals surface area contributed by atoms with Crippen LogP contribution in [0.4, 0.5) is 14.9 Å². The Kier molecular flexibility index (Phi) is 3.48. The summed E-state index contributed by atoms with van der Waals surface area (Å²) in [4.78, 5) is 13.1. The van der Waals surface area contributed by atoms with Crippen LogP contribution in [0.5, 0.6) is 0 Å². The molecule has 7 nitrogen and oxygen atoms in total. The van der Waals surface area contributed by atoms with Crippen molar-refractivity contribution in [3.05, 3.63) is 42.0 Å². The maximum atomic E-state index is 14.3. The Morgan fingerprint density at radius 2 is 2.36 bits per heavy atom. The van der Waals surface area contributed by atoms with Crippen molar-refractivity contribution in [3.63, 3.8) is 0 Å². The Balaban J connectivity index is 1.90. The molecular formula is C14H12FN5O2. The minimum atomic E-state index is -0.561. The number of anilines is 1. The second kappa shape index (κ2) is 5.46. The molecule has 0 bridgehead atoms. The maximum absolute atomic E-state index is 14.3. The molecule has 0 unspecified atom stereocenters. The molecule has 1 aromatic heterocycles. The summed E-state index contributed by atoms with van der Waals surface area (Å²) in [6.45, 7) is 0.501. The van der Waals surface area contributed by atoms with Gasteiger partial charge in [-0.05, 0) is 18.2 Å². The summed E-state index contributed by atoms with van der Waals surface area (Å²) in [6, 6.07) is 6.23. The summed E-state index contributed by atoms with van der Waals surface area (Å²) < 4.78 is 20.6. The summed E-state index contributed by atoms with van der Waals surface area (Å²) in [5.41, 5.74) is 6.37. The molecule has 1 aliphatic heterocycles. The zero-order chi connectivity index (χ0) is 15.7. The number of aromatic nitrogens is 2. The summed E-state index contributed by atoms with van der Waals surface area (Å²) in [5.74, 6) is -0.561. The predicted octanol–water partition coefficient (Wildman–Crippen LogP) is 1.17. The molecule has 0 aliphatic carbocycles. The Hall–Kier alpha value is -2.92. The van der Waals surface area contributed by atoms with Crippen LogP contribution in [0.3, 0.4) is 0 Å². The van der Waals surface area contributed by atoms with Crippen LogP contribution < -0.4 is 10.6 Å². The second-order valence-corrected chi connectivity index (χ2v) is 4.77. The largest absolute Gasteiger partial charge is 0.443 e. The molecule has 1 amide bonds. The van der Waals surface area contributed by atoms with Gasteiger partial charge in [-0.1, -0.05) is 0 Å². The van der Waals surface area contributed by atoms with E-state index < -0.39 is 11.9 Å². The third-order valence-corrected chi connectivity index (χ3v) is 3.34. The van der Waals surface area contributed by atoms with E-state index in [2.05, 4.69) is 5.10 Å². The lowest BCUT2D eigenvalue weighted by molar-refractivity contribution is 0.145. The number of amides is 1. The fourth-order valence-electron chi connectivity index (χ4n) is 2.22. The first-order chi connectivity index (χ1) is 10.6. The Labute approximate surface area is 125 Å². The highest BCUT2D eigenvalue weighted by Crippen LogP contribution is 2.25. The normalized spacial score (nSPS) is 17.4. The third kappa shape index (κ3) is 2.38. The van der Waals surface area contributed by atoms with Crippen molar-refractivity contribution < 1.29 is 13.9 Å². The molecule has 1 aliphatic rings. The van der Waals surface area contributed by atoms with Gasteiger partial charge in [0.05, 0.1) is 24.0 Å². The topological polar surface area (TPSA) is 97.2 Å². The van der Waals surface area contributed by atoms with Gasteiger partial charge in [-0.2, -0.15) is 10.4 Å². The molecule has 1 atom stereocenters. The number of ether oxygens (including phenoxy) is 1. The standard InChI is InChI=1S/C14H12FN5O2/c15-12-3-10(19-8-11(5-17)22-14(19)21)1-2-13(12)20-7-9(4-16)6-18-20/h1-3,6-7,11H,5,8,17H2/t11-/m0/s1. The van der Waals surface area contributed by atoms with Crippen molar-refractivity contribution in [3.8, 4) is 11.8 Å². The van der Waals surface area contributed by atoms with Gasteiger partial charge in [-0.25, -0.2) is 13.9 Å². The molecule has 2 N–H and O–H groups in total. The molecule has 0 spiro atoms. The first-order valence-electron chi connectivity index (χ1n) is 6.55. The van der Waals surface area contributed by atoms with Crippen molar-refractivity contribution in [2.24, 2.45) is 5.73 Å². The molecule has 8 heteroatoms. The van der Waals surface area contributed by atoms with Crippen LogP contribution in [0.25, 0.3) is 5.69 Å². The molecule has 3 rings (SSSR count). The van der Waals surface area contributed by atoms with Crippen LogP contribution in [-0.2, 0) is 4.74 Å². The van der Waals surface area contributed by atoms with Gasteiger partial charge in [0.2, 0.25) is 0 Å². The molecule has 1 saturated heterocycles. The smallest absolute Gasteiger partial charge is 0.414 e. The average Bonchev–Trinajstić information content (AvgIpc) is 3.13. The van der Waals surface area contributed by atoms with Crippen LogP contribution in [0.2, 0.25) is 0 Å². The maximum Gasteiger partial charge on any atom is 0.414 e. The van der Waals surface area contributed by atoms with Crippen molar-refractivity contribution in [2.45, 2.75) is 6.10 Å². The lowest BCUT2D eigenvalue weighted by atomic mass is 10.2. The number of hydrogen-bond acceptors (Lipinski definition) is 5. The highest BCUT2D eigenvalue weighted by molar-refractivity contribution is 5.89. The van der Waals surface area contributed by atoms with E-state index in [9.17, 15) is 9.18 Å². The lowest BCUT2D eigenvalue weighted by Crippen LogP contribution is -2.27. The number of hydrogen-bond donors (Lipinski definition) is 1. The molecule has 2 aromatic rings. The van der Waals surface area contributed by atoms with Crippen LogP contribution in [0, 0.1) is 17.1 Å². The molecule has 0 radical (unpaired) electrons. The van der Waals surface area contributed by atoms with Crippen molar-refractivity contribution >= 4 is 11.8 Å². The fraction of sp³-hybridized carbons (Fsp3) is 0.214. The number of benzene rings is 1. The molecular weight excluding hydrogens is 289 g/mol. The molecule has 0 saturated carbocycles. The summed E-state index contributed by atoms with van der Waals surface area (Å²) >= 11 is 0. The van der Waals surface area contributed by atoms with Gasteiger partial charge in [0.1, 0.15) is 17.9 Å². The number of halogens is 1. The predicted molar refractivity (Wildman–Crippen MR) is 74.9 cm³/mol. The zero-order valence-electron chi connectivity index (χ0n) is 11.4. The number of cyclic esters (lactones) is 1. The van der Waals surface area contributed by atoms with E-state index in [0.29, 0.717) is 11.3 Å². The van der Waals surface area contributed by atoms with Gasteiger partial charge >= 0.3 is 6.09 Å². The van der Waals surface area contributed by atoms with E-state index in [-0.39, 0.29) is 24.9 Å². The van der Waals surface area contributed by atoms with Crippen LogP contribution >= 0.6 is 0 Å². The highest BCUT2D eigenvalue weighted by atomic mass is 19.1. The van der Waals surface area contributed by atoms with Gasteiger partial charge in [-0.3, -0.25) is 4.90 Å². The second-order valence-electron chi connectivity index (χ2n) is 4.77. The minimum Gasteiger partial charge on any atom is -0.443 e. The summed E-state index contributed by atoms with van der Waals surface area (Å²) in [5, 5.41) is 12.7. The number of nitrogens with two attached hydrogens (primary N) is 1. The lowest BCUT2D eigenvalue weighted by Gasteiger charge is -2.14. The van der Waals surface area contributed by atoms with E-state index in [1.54, 1.807) is 6.07 Å². The SMILES string of the molecule is N#Cc1cnn(-c2ccc(N3C[C@H](CN)OC3=O)cc2F)c1. The van der Waals surface area contributed by atoms with Crippen molar-refractivity contribution in [2.75, 3.05) is 18.0 Å². The van der Waals surface area contributed by atoms with Crippen LogP contribution in [0.1, 0.15) is 5.56 Å². The first kappa shape index (κ1) is 14.0. The summed E-state index contributed by atoms with van der Waals surface area (Å²) in [7, 11) is 0. The molecule has 2 heterocycles. The number of nitrogens with zero attached hydrogens (tertiary/aromatic N) is 4. The van der Waals surface area contributed by atoms with E-state index in [1.807, 2.05) is 6.07 Å². The van der Waals surface area contributed by atoms with Gasteiger partial charge in [-0.15, -0.1) is 0 Å². The molecule has 1 aromatic carbocycles. The van der Waals surface area contributed by atoms with Gasteiger partial charge in [0.15, 0.2) is 5.82 Å². The molecule has 1 fully saturated rings. The van der Waals surface area contributed by atoms with E-state index in [1.165, 1.54) is 34.1 Å². The quantitative estimate of drug-likeness (QED) is 0.917.